The Morgan fingerprint density at radius 1 is 1.29 bits per heavy atom. The summed E-state index contributed by atoms with van der Waals surface area (Å²) in [5, 5.41) is 5.85. The van der Waals surface area contributed by atoms with Gasteiger partial charge in [-0.2, -0.15) is 0 Å². The van der Waals surface area contributed by atoms with Gasteiger partial charge in [0.05, 0.1) is 6.04 Å². The van der Waals surface area contributed by atoms with Gasteiger partial charge in [0.1, 0.15) is 5.82 Å². The number of aryl methyl sites for hydroxylation is 1. The van der Waals surface area contributed by atoms with Crippen molar-refractivity contribution in [1.29, 1.82) is 0 Å². The number of fused-ring (bicyclic) bond motifs is 1. The summed E-state index contributed by atoms with van der Waals surface area (Å²) in [6, 6.07) is 6.73. The summed E-state index contributed by atoms with van der Waals surface area (Å²) in [6.07, 6.45) is 4.46. The van der Waals surface area contributed by atoms with Crippen molar-refractivity contribution < 1.29 is 9.18 Å². The van der Waals surface area contributed by atoms with E-state index < -0.39 is 0 Å². The van der Waals surface area contributed by atoms with Crippen LogP contribution in [0.5, 0.6) is 0 Å². The molecule has 0 saturated carbocycles. The van der Waals surface area contributed by atoms with Gasteiger partial charge in [-0.05, 0) is 48.9 Å². The number of benzene rings is 1. The first-order valence-corrected chi connectivity index (χ1v) is 6.88. The second-order valence-corrected chi connectivity index (χ2v) is 5.08. The van der Waals surface area contributed by atoms with E-state index in [1.807, 2.05) is 18.2 Å². The summed E-state index contributed by atoms with van der Waals surface area (Å²) < 4.78 is 14.4. The van der Waals surface area contributed by atoms with Crippen LogP contribution in [-0.4, -0.2) is 17.9 Å². The lowest BCUT2D eigenvalue weighted by molar-refractivity contribution is -0.116. The number of amides is 1. The van der Waals surface area contributed by atoms with E-state index in [0.717, 1.165) is 11.1 Å². The maximum Gasteiger partial charge on any atom is 0.224 e. The Hall–Kier alpha value is -2.27. The molecule has 1 aromatic carbocycles. The number of nitrogens with zero attached hydrogens (tertiary/aromatic N) is 1. The predicted molar refractivity (Wildman–Crippen MR) is 78.5 cm³/mol. The van der Waals surface area contributed by atoms with Gasteiger partial charge in [-0.1, -0.05) is 0 Å². The van der Waals surface area contributed by atoms with Crippen molar-refractivity contribution in [3.63, 3.8) is 0 Å². The fourth-order valence-corrected chi connectivity index (χ4v) is 2.70. The van der Waals surface area contributed by atoms with Gasteiger partial charge in [0.2, 0.25) is 5.91 Å². The van der Waals surface area contributed by atoms with Gasteiger partial charge in [-0.25, -0.2) is 4.39 Å². The molecule has 1 atom stereocenters. The minimum absolute atomic E-state index is 0.0612. The SMILES string of the molecule is CNC(c1ccncc1)c1cc2c(cc1F)NC(=O)CC2. The van der Waals surface area contributed by atoms with Crippen LogP contribution in [0.1, 0.15) is 29.2 Å². The summed E-state index contributed by atoms with van der Waals surface area (Å²) >= 11 is 0. The van der Waals surface area contributed by atoms with Crippen molar-refractivity contribution in [3.8, 4) is 0 Å². The maximum absolute atomic E-state index is 14.4. The van der Waals surface area contributed by atoms with Crippen LogP contribution in [0.25, 0.3) is 0 Å². The van der Waals surface area contributed by atoms with Crippen molar-refractivity contribution in [1.82, 2.24) is 10.3 Å². The van der Waals surface area contributed by atoms with Gasteiger partial charge in [0.25, 0.3) is 0 Å². The molecule has 21 heavy (non-hydrogen) atoms. The number of rotatable bonds is 3. The molecule has 1 aliphatic rings. The van der Waals surface area contributed by atoms with Gasteiger partial charge in [0.15, 0.2) is 0 Å². The summed E-state index contributed by atoms with van der Waals surface area (Å²) in [4.78, 5) is 15.4. The molecule has 0 aliphatic carbocycles. The van der Waals surface area contributed by atoms with Crippen molar-refractivity contribution in [2.24, 2.45) is 0 Å². The zero-order valence-corrected chi connectivity index (χ0v) is 11.7. The Morgan fingerprint density at radius 2 is 2.05 bits per heavy atom. The molecule has 0 saturated heterocycles. The highest BCUT2D eigenvalue weighted by molar-refractivity contribution is 5.93. The number of nitrogens with one attached hydrogen (secondary N) is 2. The van der Waals surface area contributed by atoms with Crippen molar-refractivity contribution >= 4 is 11.6 Å². The van der Waals surface area contributed by atoms with Crippen LogP contribution in [0.2, 0.25) is 0 Å². The lowest BCUT2D eigenvalue weighted by Gasteiger charge is -2.22. The van der Waals surface area contributed by atoms with E-state index in [2.05, 4.69) is 15.6 Å². The second-order valence-electron chi connectivity index (χ2n) is 5.08. The van der Waals surface area contributed by atoms with E-state index in [1.54, 1.807) is 19.4 Å². The van der Waals surface area contributed by atoms with E-state index in [-0.39, 0.29) is 17.8 Å². The van der Waals surface area contributed by atoms with Crippen molar-refractivity contribution in [2.75, 3.05) is 12.4 Å². The van der Waals surface area contributed by atoms with Gasteiger partial charge in [0, 0.05) is 30.1 Å². The van der Waals surface area contributed by atoms with Crippen LogP contribution in [0, 0.1) is 5.82 Å². The van der Waals surface area contributed by atoms with Gasteiger partial charge < -0.3 is 10.6 Å². The molecule has 2 N–H and O–H groups in total. The summed E-state index contributed by atoms with van der Waals surface area (Å²) in [5.41, 5.74) is 3.09. The van der Waals surface area contributed by atoms with Gasteiger partial charge in [-0.15, -0.1) is 0 Å². The van der Waals surface area contributed by atoms with Crippen molar-refractivity contribution in [2.45, 2.75) is 18.9 Å². The predicted octanol–water partition coefficient (Wildman–Crippen LogP) is 2.41. The van der Waals surface area contributed by atoms with E-state index in [9.17, 15) is 9.18 Å². The number of hydrogen-bond donors (Lipinski definition) is 2. The average Bonchev–Trinajstić information content (AvgIpc) is 2.50. The molecule has 0 bridgehead atoms. The Bertz CT molecular complexity index is 673. The average molecular weight is 285 g/mol. The second kappa shape index (κ2) is 5.61. The van der Waals surface area contributed by atoms with E-state index >= 15 is 0 Å². The molecule has 2 aromatic rings. The Kier molecular flexibility index (Phi) is 3.66. The van der Waals surface area contributed by atoms with Gasteiger partial charge >= 0.3 is 0 Å². The molecule has 1 amide bonds. The minimum Gasteiger partial charge on any atom is -0.326 e. The molecule has 5 heteroatoms. The molecule has 4 nitrogen and oxygen atoms in total. The summed E-state index contributed by atoms with van der Waals surface area (Å²) in [6.45, 7) is 0. The molecule has 1 aromatic heterocycles. The molecule has 0 radical (unpaired) electrons. The van der Waals surface area contributed by atoms with E-state index in [4.69, 9.17) is 0 Å². The van der Waals surface area contributed by atoms with Crippen LogP contribution in [0.4, 0.5) is 10.1 Å². The van der Waals surface area contributed by atoms with Crippen LogP contribution >= 0.6 is 0 Å². The third kappa shape index (κ3) is 2.64. The van der Waals surface area contributed by atoms with Crippen LogP contribution in [0.15, 0.2) is 36.7 Å². The number of pyridine rings is 1. The number of anilines is 1. The number of aromatic nitrogens is 1. The number of halogens is 1. The van der Waals surface area contributed by atoms with E-state index in [0.29, 0.717) is 24.1 Å². The summed E-state index contributed by atoms with van der Waals surface area (Å²) in [5.74, 6) is -0.388. The first-order chi connectivity index (χ1) is 10.2. The monoisotopic (exact) mass is 285 g/mol. The molecule has 0 spiro atoms. The minimum atomic E-state index is -0.327. The van der Waals surface area contributed by atoms with E-state index in [1.165, 1.54) is 6.07 Å². The molecule has 0 fully saturated rings. The fraction of sp³-hybridized carbons (Fsp3) is 0.250. The Labute approximate surface area is 122 Å². The molecule has 108 valence electrons. The first kappa shape index (κ1) is 13.7. The molecule has 1 aliphatic heterocycles. The zero-order chi connectivity index (χ0) is 14.8. The fourth-order valence-electron chi connectivity index (χ4n) is 2.70. The topological polar surface area (TPSA) is 54.0 Å². The highest BCUT2D eigenvalue weighted by atomic mass is 19.1. The third-order valence-corrected chi connectivity index (χ3v) is 3.76. The van der Waals surface area contributed by atoms with Crippen LogP contribution in [-0.2, 0) is 11.2 Å². The normalized spacial score (nSPS) is 15.2. The quantitative estimate of drug-likeness (QED) is 0.910. The highest BCUT2D eigenvalue weighted by Gasteiger charge is 2.22. The summed E-state index contributed by atoms with van der Waals surface area (Å²) in [7, 11) is 1.80. The lowest BCUT2D eigenvalue weighted by atomic mass is 9.93. The Morgan fingerprint density at radius 3 is 2.76 bits per heavy atom. The molecular formula is C16H16FN3O. The van der Waals surface area contributed by atoms with Gasteiger partial charge in [-0.3, -0.25) is 9.78 Å². The number of hydrogen-bond acceptors (Lipinski definition) is 3. The zero-order valence-electron chi connectivity index (χ0n) is 11.7. The number of carbonyl (C=O) groups is 1. The maximum atomic E-state index is 14.4. The largest absolute Gasteiger partial charge is 0.326 e. The standard InChI is InChI=1S/C16H16FN3O/c1-18-16(10-4-6-19-7-5-10)12-8-11-2-3-15(21)20-14(11)9-13(12)17/h4-9,16,18H,2-3H2,1H3,(H,20,21). The molecule has 1 unspecified atom stereocenters. The Balaban J connectivity index is 2.03. The smallest absolute Gasteiger partial charge is 0.224 e. The first-order valence-electron chi connectivity index (χ1n) is 6.88. The third-order valence-electron chi connectivity index (χ3n) is 3.76. The highest BCUT2D eigenvalue weighted by Crippen LogP contribution is 2.31. The van der Waals surface area contributed by atoms with Crippen molar-refractivity contribution in [3.05, 3.63) is 59.2 Å². The molecular weight excluding hydrogens is 269 g/mol. The number of carbonyl (C=O) groups excluding carboxylic acids is 1. The molecule has 2 heterocycles. The van der Waals surface area contributed by atoms with Crippen LogP contribution in [0.3, 0.4) is 0 Å². The molecule has 3 rings (SSSR count). The lowest BCUT2D eigenvalue weighted by Crippen LogP contribution is -2.22. The van der Waals surface area contributed by atoms with Crippen LogP contribution < -0.4 is 10.6 Å².